The van der Waals surface area contributed by atoms with Gasteiger partial charge in [-0.05, 0) is 24.3 Å². The van der Waals surface area contributed by atoms with Crippen LogP contribution < -0.4 is 0 Å². The van der Waals surface area contributed by atoms with E-state index in [1.807, 2.05) is 30.3 Å². The molecule has 0 bridgehead atoms. The molecule has 0 saturated carbocycles. The van der Waals surface area contributed by atoms with Gasteiger partial charge in [-0.1, -0.05) is 18.2 Å². The second kappa shape index (κ2) is 7.74. The van der Waals surface area contributed by atoms with Crippen LogP contribution in [0.1, 0.15) is 0 Å². The highest BCUT2D eigenvalue weighted by atomic mass is 19.5. The van der Waals surface area contributed by atoms with Crippen LogP contribution in [0.3, 0.4) is 0 Å². The molecule has 0 aliphatic heterocycles. The molecular weight excluding hydrogens is 287 g/mol. The summed E-state index contributed by atoms with van der Waals surface area (Å²) in [5.74, 6) is 0. The van der Waals surface area contributed by atoms with Crippen LogP contribution in [0.5, 0.6) is 0 Å². The predicted octanol–water partition coefficient (Wildman–Crippen LogP) is 5.89. The van der Waals surface area contributed by atoms with Gasteiger partial charge in [-0.3, -0.25) is 0 Å². The minimum absolute atomic E-state index is 0.499. The molecule has 0 heterocycles. The van der Waals surface area contributed by atoms with Crippen molar-refractivity contribution in [1.82, 2.24) is 0 Å². The lowest BCUT2D eigenvalue weighted by Gasteiger charge is -1.94. The monoisotopic (exact) mass is 296 g/mol. The zero-order chi connectivity index (χ0) is 15.7. The van der Waals surface area contributed by atoms with Crippen LogP contribution in [0, 0.1) is 5.39 Å². The summed E-state index contributed by atoms with van der Waals surface area (Å²) in [7, 11) is -6.00. The molecule has 0 unspecified atom stereocenters. The number of diazo groups is 1. The molecule has 108 valence electrons. The Bertz CT molecular complexity index is 614. The minimum atomic E-state index is -6.00. The quantitative estimate of drug-likeness (QED) is 0.295. The van der Waals surface area contributed by atoms with Crippen molar-refractivity contribution < 1.29 is 17.3 Å². The number of halogens is 4. The zero-order valence-electron chi connectivity index (χ0n) is 10.6. The van der Waals surface area contributed by atoms with Crippen molar-refractivity contribution in [3.05, 3.63) is 59.6 Å². The molecule has 0 aromatic heterocycles. The molecule has 2 aromatic rings. The van der Waals surface area contributed by atoms with E-state index in [1.54, 1.807) is 24.3 Å². The van der Waals surface area contributed by atoms with Gasteiger partial charge in [-0.25, -0.2) is 0 Å². The third kappa shape index (κ3) is 8.10. The Kier molecular flexibility index (Phi) is 6.01. The summed E-state index contributed by atoms with van der Waals surface area (Å²) in [6.07, 6.45) is 0. The maximum Gasteiger partial charge on any atom is 0.673 e. The predicted molar refractivity (Wildman–Crippen MR) is 72.0 cm³/mol. The summed E-state index contributed by atoms with van der Waals surface area (Å²) in [6, 6.07) is 16.3. The first-order chi connectivity index (χ1) is 9.88. The molecule has 0 aliphatic rings. The Labute approximate surface area is 117 Å². The van der Waals surface area contributed by atoms with Crippen molar-refractivity contribution in [3.63, 3.8) is 0 Å². The molecule has 0 fully saturated rings. The van der Waals surface area contributed by atoms with E-state index in [0.29, 0.717) is 5.69 Å². The van der Waals surface area contributed by atoms with Crippen molar-refractivity contribution in [2.24, 2.45) is 10.2 Å². The van der Waals surface area contributed by atoms with E-state index in [1.165, 1.54) is 0 Å². The molecular formula is C12H9BF4N4. The Hall–Kier alpha value is -2.76. The van der Waals surface area contributed by atoms with Gasteiger partial charge in [0.25, 0.3) is 0 Å². The number of rotatable bonds is 2. The van der Waals surface area contributed by atoms with Gasteiger partial charge in [0.1, 0.15) is 0 Å². The van der Waals surface area contributed by atoms with Crippen LogP contribution in [-0.2, 0) is 0 Å². The topological polar surface area (TPSA) is 52.9 Å². The normalized spacial score (nSPS) is 10.6. The van der Waals surface area contributed by atoms with Crippen LogP contribution in [0.15, 0.2) is 64.8 Å². The fraction of sp³-hybridized carbons (Fsp3) is 0. The number of azo groups is 1. The minimum Gasteiger partial charge on any atom is -0.418 e. The molecule has 0 amide bonds. The highest BCUT2D eigenvalue weighted by molar-refractivity contribution is 6.50. The average Bonchev–Trinajstić information content (AvgIpc) is 2.45. The van der Waals surface area contributed by atoms with Gasteiger partial charge >= 0.3 is 12.9 Å². The molecule has 0 radical (unpaired) electrons. The SMILES string of the molecule is F[B-](F)(F)F.N#[N+]c1ccc(N=Nc2ccccc2)cc1. The summed E-state index contributed by atoms with van der Waals surface area (Å²) in [5.41, 5.74) is 2.02. The Balaban J connectivity index is 0.000000383. The van der Waals surface area contributed by atoms with E-state index in [0.717, 1.165) is 11.4 Å². The molecule has 0 N–H and O–H groups in total. The first kappa shape index (κ1) is 16.3. The second-order valence-electron chi connectivity index (χ2n) is 3.65. The van der Waals surface area contributed by atoms with Crippen LogP contribution in [0.4, 0.5) is 34.3 Å². The molecule has 0 spiro atoms. The lowest BCUT2D eigenvalue weighted by Crippen LogP contribution is -2.02. The number of nitrogens with zero attached hydrogens (tertiary/aromatic N) is 4. The van der Waals surface area contributed by atoms with Crippen molar-refractivity contribution in [1.29, 1.82) is 5.39 Å². The van der Waals surface area contributed by atoms with Gasteiger partial charge < -0.3 is 17.3 Å². The maximum absolute atomic E-state index is 9.75. The van der Waals surface area contributed by atoms with E-state index in [4.69, 9.17) is 5.39 Å². The molecule has 0 atom stereocenters. The second-order valence-corrected chi connectivity index (χ2v) is 3.65. The number of benzene rings is 2. The lowest BCUT2D eigenvalue weighted by atomic mass is 10.3. The summed E-state index contributed by atoms with van der Waals surface area (Å²) in [5, 5.41) is 16.6. The van der Waals surface area contributed by atoms with E-state index in [2.05, 4.69) is 15.2 Å². The van der Waals surface area contributed by atoms with Gasteiger partial charge in [0.15, 0.2) is 4.98 Å². The Morgan fingerprint density at radius 1 is 0.762 bits per heavy atom. The van der Waals surface area contributed by atoms with Crippen LogP contribution in [0.2, 0.25) is 0 Å². The van der Waals surface area contributed by atoms with E-state index in [-0.39, 0.29) is 0 Å². The summed E-state index contributed by atoms with van der Waals surface area (Å²) >= 11 is 0. The van der Waals surface area contributed by atoms with Gasteiger partial charge in [0, 0.05) is 12.1 Å². The van der Waals surface area contributed by atoms with Crippen LogP contribution in [0.25, 0.3) is 4.98 Å². The van der Waals surface area contributed by atoms with E-state index < -0.39 is 7.25 Å². The molecule has 9 heteroatoms. The standard InChI is InChI=1S/C12H9N4.BF4/c13-14-10-6-8-12(9-7-10)16-15-11-4-2-1-3-5-11;2-1(3,4)5/h1-9H;/q+1;-1. The molecule has 0 aliphatic carbocycles. The fourth-order valence-corrected chi connectivity index (χ4v) is 1.20. The van der Waals surface area contributed by atoms with Crippen molar-refractivity contribution in [2.45, 2.75) is 0 Å². The van der Waals surface area contributed by atoms with E-state index >= 15 is 0 Å². The van der Waals surface area contributed by atoms with Crippen molar-refractivity contribution in [3.8, 4) is 0 Å². The number of hydrogen-bond donors (Lipinski definition) is 0. The highest BCUT2D eigenvalue weighted by Gasteiger charge is 2.20. The fourth-order valence-electron chi connectivity index (χ4n) is 1.20. The Morgan fingerprint density at radius 2 is 1.19 bits per heavy atom. The molecule has 0 saturated heterocycles. The molecule has 4 nitrogen and oxygen atoms in total. The van der Waals surface area contributed by atoms with Crippen molar-refractivity contribution >= 4 is 24.3 Å². The third-order valence-electron chi connectivity index (χ3n) is 2.00. The number of hydrogen-bond acceptors (Lipinski definition) is 3. The van der Waals surface area contributed by atoms with Gasteiger partial charge in [0.2, 0.25) is 5.39 Å². The molecule has 2 rings (SSSR count). The van der Waals surface area contributed by atoms with Gasteiger partial charge in [-0.15, -0.1) is 0 Å². The van der Waals surface area contributed by atoms with Crippen LogP contribution >= 0.6 is 0 Å². The zero-order valence-corrected chi connectivity index (χ0v) is 10.6. The molecule has 2 aromatic carbocycles. The molecule has 21 heavy (non-hydrogen) atoms. The largest absolute Gasteiger partial charge is 0.673 e. The summed E-state index contributed by atoms with van der Waals surface area (Å²) in [4.78, 5) is 3.06. The average molecular weight is 296 g/mol. The van der Waals surface area contributed by atoms with Gasteiger partial charge in [-0.2, -0.15) is 10.2 Å². The first-order valence-corrected chi connectivity index (χ1v) is 5.68. The Morgan fingerprint density at radius 3 is 1.62 bits per heavy atom. The maximum atomic E-state index is 9.75. The first-order valence-electron chi connectivity index (χ1n) is 5.68. The smallest absolute Gasteiger partial charge is 0.418 e. The summed E-state index contributed by atoms with van der Waals surface area (Å²) in [6.45, 7) is 0. The third-order valence-corrected chi connectivity index (χ3v) is 2.00. The van der Waals surface area contributed by atoms with E-state index in [9.17, 15) is 17.3 Å². The van der Waals surface area contributed by atoms with Gasteiger partial charge in [0.05, 0.1) is 11.4 Å². The lowest BCUT2D eigenvalue weighted by molar-refractivity contribution is 0.368. The highest BCUT2D eigenvalue weighted by Crippen LogP contribution is 2.20. The van der Waals surface area contributed by atoms with Crippen LogP contribution in [-0.4, -0.2) is 7.25 Å². The van der Waals surface area contributed by atoms with Crippen molar-refractivity contribution in [2.75, 3.05) is 0 Å². The summed E-state index contributed by atoms with van der Waals surface area (Å²) < 4.78 is 39.0.